The van der Waals surface area contributed by atoms with E-state index in [1.54, 1.807) is 38.3 Å². The first kappa shape index (κ1) is 18.5. The van der Waals surface area contributed by atoms with Crippen molar-refractivity contribution >= 4 is 28.5 Å². The molecule has 0 saturated carbocycles. The Labute approximate surface area is 157 Å². The van der Waals surface area contributed by atoms with Gasteiger partial charge in [-0.1, -0.05) is 17.7 Å². The summed E-state index contributed by atoms with van der Waals surface area (Å²) in [6.07, 6.45) is 0.626. The van der Waals surface area contributed by atoms with Crippen LogP contribution in [0.5, 0.6) is 5.75 Å². The van der Waals surface area contributed by atoms with Crippen molar-refractivity contribution in [1.82, 2.24) is 0 Å². The molecule has 0 aliphatic rings. The van der Waals surface area contributed by atoms with E-state index in [0.29, 0.717) is 22.6 Å². The SMILES string of the molecule is COc1ccc2c(CC(=O)O[C@H](C)C(=O)Nc3ccc(C)cc3)coc2c1. The number of benzene rings is 2. The maximum Gasteiger partial charge on any atom is 0.311 e. The largest absolute Gasteiger partial charge is 0.497 e. The minimum Gasteiger partial charge on any atom is -0.497 e. The van der Waals surface area contributed by atoms with Crippen LogP contribution in [0.1, 0.15) is 18.1 Å². The highest BCUT2D eigenvalue weighted by Crippen LogP contribution is 2.26. The fourth-order valence-corrected chi connectivity index (χ4v) is 2.66. The highest BCUT2D eigenvalue weighted by Gasteiger charge is 2.19. The molecule has 0 bridgehead atoms. The van der Waals surface area contributed by atoms with Gasteiger partial charge in [-0.15, -0.1) is 0 Å². The van der Waals surface area contributed by atoms with E-state index in [9.17, 15) is 9.59 Å². The van der Waals surface area contributed by atoms with Crippen molar-refractivity contribution in [2.45, 2.75) is 26.4 Å². The van der Waals surface area contributed by atoms with Crippen molar-refractivity contribution in [3.63, 3.8) is 0 Å². The van der Waals surface area contributed by atoms with Gasteiger partial charge in [-0.05, 0) is 38.1 Å². The number of carbonyl (C=O) groups is 2. The lowest BCUT2D eigenvalue weighted by molar-refractivity contribution is -0.152. The summed E-state index contributed by atoms with van der Waals surface area (Å²) in [5, 5.41) is 3.54. The smallest absolute Gasteiger partial charge is 0.311 e. The van der Waals surface area contributed by atoms with E-state index in [1.165, 1.54) is 6.26 Å². The number of ether oxygens (including phenoxy) is 2. The van der Waals surface area contributed by atoms with Crippen molar-refractivity contribution in [3.8, 4) is 5.75 Å². The van der Waals surface area contributed by atoms with Gasteiger partial charge in [-0.3, -0.25) is 9.59 Å². The third-order valence-electron chi connectivity index (χ3n) is 4.19. The zero-order valence-electron chi connectivity index (χ0n) is 15.4. The second-order valence-corrected chi connectivity index (χ2v) is 6.29. The molecule has 1 N–H and O–H groups in total. The van der Waals surface area contributed by atoms with Crippen LogP contribution in [0.3, 0.4) is 0 Å². The molecule has 27 heavy (non-hydrogen) atoms. The summed E-state index contributed by atoms with van der Waals surface area (Å²) in [6.45, 7) is 3.51. The Morgan fingerprint density at radius 1 is 1.15 bits per heavy atom. The first-order chi connectivity index (χ1) is 13.0. The van der Waals surface area contributed by atoms with Crippen LogP contribution in [0.4, 0.5) is 5.69 Å². The highest BCUT2D eigenvalue weighted by molar-refractivity contribution is 5.95. The fourth-order valence-electron chi connectivity index (χ4n) is 2.66. The van der Waals surface area contributed by atoms with E-state index in [-0.39, 0.29) is 12.3 Å². The van der Waals surface area contributed by atoms with Gasteiger partial charge in [0, 0.05) is 22.7 Å². The maximum atomic E-state index is 12.2. The topological polar surface area (TPSA) is 77.8 Å². The van der Waals surface area contributed by atoms with Crippen LogP contribution in [-0.2, 0) is 20.7 Å². The van der Waals surface area contributed by atoms with Crippen molar-refractivity contribution in [2.24, 2.45) is 0 Å². The van der Waals surface area contributed by atoms with Crippen molar-refractivity contribution in [2.75, 3.05) is 12.4 Å². The molecule has 0 unspecified atom stereocenters. The average Bonchev–Trinajstić information content (AvgIpc) is 3.05. The van der Waals surface area contributed by atoms with Crippen molar-refractivity contribution < 1.29 is 23.5 Å². The summed E-state index contributed by atoms with van der Waals surface area (Å²) in [4.78, 5) is 24.4. The van der Waals surface area contributed by atoms with Crippen LogP contribution in [-0.4, -0.2) is 25.1 Å². The Balaban J connectivity index is 1.60. The molecule has 0 radical (unpaired) electrons. The molecular weight excluding hydrogens is 346 g/mol. The molecular formula is C21H21NO5. The Morgan fingerprint density at radius 2 is 1.89 bits per heavy atom. The Hall–Kier alpha value is -3.28. The van der Waals surface area contributed by atoms with Gasteiger partial charge in [-0.2, -0.15) is 0 Å². The van der Waals surface area contributed by atoms with Crippen LogP contribution < -0.4 is 10.1 Å². The van der Waals surface area contributed by atoms with E-state index >= 15 is 0 Å². The number of methoxy groups -OCH3 is 1. The molecule has 0 saturated heterocycles. The van der Waals surface area contributed by atoms with E-state index in [2.05, 4.69) is 5.32 Å². The predicted molar refractivity (Wildman–Crippen MR) is 102 cm³/mol. The zero-order chi connectivity index (χ0) is 19.4. The van der Waals surface area contributed by atoms with E-state index in [0.717, 1.165) is 10.9 Å². The molecule has 3 rings (SSSR count). The lowest BCUT2D eigenvalue weighted by Gasteiger charge is -2.13. The summed E-state index contributed by atoms with van der Waals surface area (Å²) in [6, 6.07) is 12.8. The summed E-state index contributed by atoms with van der Waals surface area (Å²) >= 11 is 0. The number of furan rings is 1. The number of rotatable bonds is 6. The van der Waals surface area contributed by atoms with Crippen LogP contribution >= 0.6 is 0 Å². The first-order valence-corrected chi connectivity index (χ1v) is 8.57. The molecule has 6 nitrogen and oxygen atoms in total. The molecule has 1 heterocycles. The normalized spacial score (nSPS) is 11.8. The van der Waals surface area contributed by atoms with Gasteiger partial charge in [0.25, 0.3) is 5.91 Å². The quantitative estimate of drug-likeness (QED) is 0.669. The number of hydrogen-bond acceptors (Lipinski definition) is 5. The summed E-state index contributed by atoms with van der Waals surface area (Å²) in [7, 11) is 1.57. The molecule has 2 aromatic carbocycles. The number of hydrogen-bond donors (Lipinski definition) is 1. The van der Waals surface area contributed by atoms with E-state index in [4.69, 9.17) is 13.9 Å². The maximum absolute atomic E-state index is 12.2. The summed E-state index contributed by atoms with van der Waals surface area (Å²) in [5.41, 5.74) is 3.08. The number of esters is 1. The fraction of sp³-hybridized carbons (Fsp3) is 0.238. The number of anilines is 1. The standard InChI is InChI=1S/C21H21NO5/c1-13-4-6-16(7-5-13)22-21(24)14(2)27-20(23)10-15-12-26-19-11-17(25-3)8-9-18(15)19/h4-9,11-12,14H,10H2,1-3H3,(H,22,24)/t14-/m1/s1. The number of carbonyl (C=O) groups excluding carboxylic acids is 2. The highest BCUT2D eigenvalue weighted by atomic mass is 16.5. The summed E-state index contributed by atoms with van der Waals surface area (Å²) < 4.78 is 15.9. The second kappa shape index (κ2) is 7.95. The molecule has 140 valence electrons. The van der Waals surface area contributed by atoms with Crippen LogP contribution in [0, 0.1) is 6.92 Å². The van der Waals surface area contributed by atoms with E-state index < -0.39 is 12.1 Å². The summed E-state index contributed by atoms with van der Waals surface area (Å²) in [5.74, 6) is -0.207. The molecule has 0 fully saturated rings. The lowest BCUT2D eigenvalue weighted by Crippen LogP contribution is -2.30. The minimum absolute atomic E-state index is 0.0154. The van der Waals surface area contributed by atoms with Crippen molar-refractivity contribution in [1.29, 1.82) is 0 Å². The molecule has 0 aliphatic heterocycles. The number of amides is 1. The number of fused-ring (bicyclic) bond motifs is 1. The molecule has 0 aliphatic carbocycles. The van der Waals surface area contributed by atoms with Gasteiger partial charge in [0.1, 0.15) is 11.3 Å². The average molecular weight is 367 g/mol. The van der Waals surface area contributed by atoms with Gasteiger partial charge < -0.3 is 19.2 Å². The third-order valence-corrected chi connectivity index (χ3v) is 4.19. The second-order valence-electron chi connectivity index (χ2n) is 6.29. The minimum atomic E-state index is -0.905. The van der Waals surface area contributed by atoms with E-state index in [1.807, 2.05) is 25.1 Å². The first-order valence-electron chi connectivity index (χ1n) is 8.57. The molecule has 1 aromatic heterocycles. The van der Waals surface area contributed by atoms with Gasteiger partial charge in [0.15, 0.2) is 6.10 Å². The Kier molecular flexibility index (Phi) is 5.45. The van der Waals surface area contributed by atoms with Gasteiger partial charge in [0.05, 0.1) is 19.8 Å². The van der Waals surface area contributed by atoms with Crippen molar-refractivity contribution in [3.05, 3.63) is 59.9 Å². The Bertz CT molecular complexity index is 958. The molecule has 3 aromatic rings. The van der Waals surface area contributed by atoms with Crippen LogP contribution in [0.25, 0.3) is 11.0 Å². The molecule has 1 amide bonds. The molecule has 1 atom stereocenters. The van der Waals surface area contributed by atoms with Crippen LogP contribution in [0.2, 0.25) is 0 Å². The predicted octanol–water partition coefficient (Wildman–Crippen LogP) is 3.86. The van der Waals surface area contributed by atoms with Gasteiger partial charge in [-0.25, -0.2) is 0 Å². The third kappa shape index (κ3) is 4.47. The van der Waals surface area contributed by atoms with Crippen LogP contribution in [0.15, 0.2) is 53.1 Å². The Morgan fingerprint density at radius 3 is 2.59 bits per heavy atom. The lowest BCUT2D eigenvalue weighted by atomic mass is 10.1. The molecule has 0 spiro atoms. The molecule has 6 heteroatoms. The number of nitrogens with one attached hydrogen (secondary N) is 1. The van der Waals surface area contributed by atoms with Gasteiger partial charge in [0.2, 0.25) is 0 Å². The zero-order valence-corrected chi connectivity index (χ0v) is 15.4. The van der Waals surface area contributed by atoms with Gasteiger partial charge >= 0.3 is 5.97 Å². The monoisotopic (exact) mass is 367 g/mol. The number of aryl methyl sites for hydroxylation is 1.